The van der Waals surface area contributed by atoms with Crippen molar-refractivity contribution in [2.24, 2.45) is 0 Å². The molecule has 94 valence electrons. The normalized spacial score (nSPS) is 10.1. The fourth-order valence-corrected chi connectivity index (χ4v) is 2.09. The minimum Gasteiger partial charge on any atom is -0.496 e. The number of ether oxygens (including phenoxy) is 1. The second-order valence-corrected chi connectivity index (χ2v) is 4.65. The third kappa shape index (κ3) is 3.47. The summed E-state index contributed by atoms with van der Waals surface area (Å²) >= 11 is 3.35. The number of halogens is 1. The Morgan fingerprint density at radius 3 is 2.78 bits per heavy atom. The molecule has 1 aromatic carbocycles. The Labute approximate surface area is 115 Å². The first-order valence-corrected chi connectivity index (χ1v) is 6.57. The number of pyridine rings is 1. The van der Waals surface area contributed by atoms with Gasteiger partial charge in [-0.05, 0) is 46.1 Å². The van der Waals surface area contributed by atoms with E-state index in [0.717, 1.165) is 29.1 Å². The molecule has 2 rings (SSSR count). The summed E-state index contributed by atoms with van der Waals surface area (Å²) in [5, 5.41) is 3.29. The molecular formula is C14H15BrN2O. The van der Waals surface area contributed by atoms with Gasteiger partial charge in [-0.2, -0.15) is 0 Å². The summed E-state index contributed by atoms with van der Waals surface area (Å²) in [4.78, 5) is 4.32. The average Bonchev–Trinajstić information content (AvgIpc) is 2.39. The molecule has 4 heteroatoms. The fraction of sp³-hybridized carbons (Fsp3) is 0.214. The van der Waals surface area contributed by atoms with Crippen LogP contribution in [0.4, 0.5) is 5.82 Å². The van der Waals surface area contributed by atoms with E-state index in [1.54, 1.807) is 7.11 Å². The summed E-state index contributed by atoms with van der Waals surface area (Å²) in [7, 11) is 1.70. The van der Waals surface area contributed by atoms with Crippen molar-refractivity contribution in [3.05, 3.63) is 52.6 Å². The van der Waals surface area contributed by atoms with E-state index < -0.39 is 0 Å². The van der Waals surface area contributed by atoms with Crippen LogP contribution in [0.1, 0.15) is 5.56 Å². The van der Waals surface area contributed by atoms with Crippen LogP contribution in [0.15, 0.2) is 47.1 Å². The van der Waals surface area contributed by atoms with Crippen LogP contribution >= 0.6 is 15.9 Å². The van der Waals surface area contributed by atoms with Gasteiger partial charge in [-0.25, -0.2) is 4.98 Å². The molecule has 0 spiro atoms. The van der Waals surface area contributed by atoms with Crippen LogP contribution in [-0.4, -0.2) is 18.6 Å². The van der Waals surface area contributed by atoms with Crippen molar-refractivity contribution in [3.63, 3.8) is 0 Å². The molecule has 0 radical (unpaired) electrons. The summed E-state index contributed by atoms with van der Waals surface area (Å²) < 4.78 is 6.15. The molecule has 0 atom stereocenters. The van der Waals surface area contributed by atoms with Crippen molar-refractivity contribution in [2.75, 3.05) is 19.0 Å². The van der Waals surface area contributed by atoms with Gasteiger partial charge >= 0.3 is 0 Å². The summed E-state index contributed by atoms with van der Waals surface area (Å²) in [5.41, 5.74) is 1.20. The zero-order valence-electron chi connectivity index (χ0n) is 10.2. The van der Waals surface area contributed by atoms with E-state index in [2.05, 4.69) is 32.3 Å². The fourth-order valence-electron chi connectivity index (χ4n) is 1.74. The van der Waals surface area contributed by atoms with E-state index in [-0.39, 0.29) is 0 Å². The van der Waals surface area contributed by atoms with Crippen molar-refractivity contribution in [1.29, 1.82) is 0 Å². The Morgan fingerprint density at radius 1 is 1.17 bits per heavy atom. The first kappa shape index (κ1) is 12.9. The van der Waals surface area contributed by atoms with Crippen molar-refractivity contribution >= 4 is 21.7 Å². The van der Waals surface area contributed by atoms with Gasteiger partial charge in [-0.15, -0.1) is 0 Å². The molecule has 1 aromatic heterocycles. The van der Waals surface area contributed by atoms with Crippen molar-refractivity contribution in [1.82, 2.24) is 4.98 Å². The molecule has 0 aliphatic heterocycles. The number of nitrogens with one attached hydrogen (secondary N) is 1. The van der Waals surface area contributed by atoms with Crippen LogP contribution in [0.5, 0.6) is 5.75 Å². The lowest BCUT2D eigenvalue weighted by molar-refractivity contribution is 0.410. The molecule has 0 aliphatic carbocycles. The molecule has 0 unspecified atom stereocenters. The molecule has 1 heterocycles. The molecule has 0 bridgehead atoms. The SMILES string of the molecule is COc1ccccc1CCNc1cccc(Br)n1. The Morgan fingerprint density at radius 2 is 2.00 bits per heavy atom. The van der Waals surface area contributed by atoms with Gasteiger partial charge in [0.1, 0.15) is 16.2 Å². The predicted octanol–water partition coefficient (Wildman–Crippen LogP) is 3.51. The van der Waals surface area contributed by atoms with Gasteiger partial charge in [-0.1, -0.05) is 24.3 Å². The van der Waals surface area contributed by atoms with Gasteiger partial charge in [0, 0.05) is 6.54 Å². The van der Waals surface area contributed by atoms with Gasteiger partial charge < -0.3 is 10.1 Å². The quantitative estimate of drug-likeness (QED) is 0.858. The molecule has 1 N–H and O–H groups in total. The molecule has 3 nitrogen and oxygen atoms in total. The van der Waals surface area contributed by atoms with Gasteiger partial charge in [-0.3, -0.25) is 0 Å². The standard InChI is InChI=1S/C14H15BrN2O/c1-18-12-6-3-2-5-11(12)9-10-16-14-8-4-7-13(15)17-14/h2-8H,9-10H2,1H3,(H,16,17). The number of aromatic nitrogens is 1. The first-order valence-electron chi connectivity index (χ1n) is 5.78. The minimum absolute atomic E-state index is 0.823. The van der Waals surface area contributed by atoms with E-state index >= 15 is 0 Å². The summed E-state index contributed by atoms with van der Waals surface area (Å²) in [5.74, 6) is 1.81. The number of rotatable bonds is 5. The predicted molar refractivity (Wildman–Crippen MR) is 77.1 cm³/mol. The van der Waals surface area contributed by atoms with Crippen molar-refractivity contribution in [2.45, 2.75) is 6.42 Å². The van der Waals surface area contributed by atoms with Crippen LogP contribution in [0.2, 0.25) is 0 Å². The highest BCUT2D eigenvalue weighted by molar-refractivity contribution is 9.10. The van der Waals surface area contributed by atoms with Gasteiger partial charge in [0.15, 0.2) is 0 Å². The highest BCUT2D eigenvalue weighted by Crippen LogP contribution is 2.18. The molecule has 18 heavy (non-hydrogen) atoms. The summed E-state index contributed by atoms with van der Waals surface area (Å²) in [6.45, 7) is 0.823. The second-order valence-electron chi connectivity index (χ2n) is 3.83. The Bertz CT molecular complexity index is 517. The largest absolute Gasteiger partial charge is 0.496 e. The number of methoxy groups -OCH3 is 1. The zero-order chi connectivity index (χ0) is 12.8. The lowest BCUT2D eigenvalue weighted by atomic mass is 10.1. The Hall–Kier alpha value is -1.55. The molecule has 0 amide bonds. The monoisotopic (exact) mass is 306 g/mol. The highest BCUT2D eigenvalue weighted by atomic mass is 79.9. The maximum Gasteiger partial charge on any atom is 0.127 e. The summed E-state index contributed by atoms with van der Waals surface area (Å²) in [6, 6.07) is 13.9. The molecule has 0 saturated carbocycles. The van der Waals surface area contributed by atoms with Gasteiger partial charge in [0.2, 0.25) is 0 Å². The highest BCUT2D eigenvalue weighted by Gasteiger charge is 2.01. The minimum atomic E-state index is 0.823. The Balaban J connectivity index is 1.92. The molecule has 0 aliphatic rings. The van der Waals surface area contributed by atoms with Crippen LogP contribution in [-0.2, 0) is 6.42 Å². The van der Waals surface area contributed by atoms with E-state index in [1.807, 2.05) is 36.4 Å². The van der Waals surface area contributed by atoms with Gasteiger partial charge in [0.25, 0.3) is 0 Å². The van der Waals surface area contributed by atoms with Crippen LogP contribution < -0.4 is 10.1 Å². The molecule has 2 aromatic rings. The Kier molecular flexibility index (Phi) is 4.59. The first-order chi connectivity index (χ1) is 8.79. The van der Waals surface area contributed by atoms with Gasteiger partial charge in [0.05, 0.1) is 7.11 Å². The number of anilines is 1. The second kappa shape index (κ2) is 6.40. The zero-order valence-corrected chi connectivity index (χ0v) is 11.8. The number of hydrogen-bond acceptors (Lipinski definition) is 3. The maximum atomic E-state index is 5.32. The maximum absolute atomic E-state index is 5.32. The number of para-hydroxylation sites is 1. The lowest BCUT2D eigenvalue weighted by Gasteiger charge is -2.09. The molecule has 0 saturated heterocycles. The van der Waals surface area contributed by atoms with Crippen molar-refractivity contribution < 1.29 is 4.74 Å². The topological polar surface area (TPSA) is 34.1 Å². The van der Waals surface area contributed by atoms with E-state index in [0.29, 0.717) is 0 Å². The third-order valence-corrected chi connectivity index (χ3v) is 3.05. The van der Waals surface area contributed by atoms with E-state index in [1.165, 1.54) is 5.56 Å². The number of nitrogens with zero attached hydrogens (tertiary/aromatic N) is 1. The van der Waals surface area contributed by atoms with Crippen LogP contribution in [0.3, 0.4) is 0 Å². The average molecular weight is 307 g/mol. The number of benzene rings is 1. The third-order valence-electron chi connectivity index (χ3n) is 2.61. The van der Waals surface area contributed by atoms with E-state index in [9.17, 15) is 0 Å². The number of hydrogen-bond donors (Lipinski definition) is 1. The van der Waals surface area contributed by atoms with E-state index in [4.69, 9.17) is 4.74 Å². The van der Waals surface area contributed by atoms with Crippen LogP contribution in [0.25, 0.3) is 0 Å². The molecular weight excluding hydrogens is 292 g/mol. The lowest BCUT2D eigenvalue weighted by Crippen LogP contribution is -2.07. The summed E-state index contributed by atoms with van der Waals surface area (Å²) in [6.07, 6.45) is 0.901. The molecule has 0 fully saturated rings. The van der Waals surface area contributed by atoms with Crippen molar-refractivity contribution in [3.8, 4) is 5.75 Å². The van der Waals surface area contributed by atoms with Crippen LogP contribution in [0, 0.1) is 0 Å². The smallest absolute Gasteiger partial charge is 0.127 e.